The Kier molecular flexibility index (Phi) is 55.7. The summed E-state index contributed by atoms with van der Waals surface area (Å²) in [6.45, 7) is 4.58. The van der Waals surface area contributed by atoms with E-state index in [4.69, 9.17) is 18.9 Å². The van der Waals surface area contributed by atoms with Crippen molar-refractivity contribution in [1.29, 1.82) is 0 Å². The van der Waals surface area contributed by atoms with Crippen molar-refractivity contribution < 1.29 is 42.9 Å². The molecule has 0 amide bonds. The second kappa shape index (κ2) is 59.3. The summed E-state index contributed by atoms with van der Waals surface area (Å²) >= 11 is 0. The Morgan fingerprint density at radius 3 is 1.04 bits per heavy atom. The molecule has 2 unspecified atom stereocenters. The molecule has 0 aromatic heterocycles. The summed E-state index contributed by atoms with van der Waals surface area (Å²) in [5.41, 5.74) is 0. The predicted molar refractivity (Wildman–Crippen MR) is 336 cm³/mol. The molecule has 1 N–H and O–H groups in total. The van der Waals surface area contributed by atoms with E-state index in [1.165, 1.54) is 70.6 Å². The van der Waals surface area contributed by atoms with Crippen LogP contribution in [0.2, 0.25) is 0 Å². The maximum Gasteiger partial charge on any atom is 0.361 e. The van der Waals surface area contributed by atoms with E-state index in [9.17, 15) is 19.5 Å². The van der Waals surface area contributed by atoms with E-state index in [-0.39, 0.29) is 32.7 Å². The van der Waals surface area contributed by atoms with E-state index in [2.05, 4.69) is 160 Å². The zero-order valence-corrected chi connectivity index (χ0v) is 50.7. The zero-order valence-electron chi connectivity index (χ0n) is 50.7. The first-order valence-corrected chi connectivity index (χ1v) is 31.0. The van der Waals surface area contributed by atoms with E-state index >= 15 is 0 Å². The van der Waals surface area contributed by atoms with E-state index < -0.39 is 30.3 Å². The third kappa shape index (κ3) is 60.7. The Hall–Kier alpha value is -4.83. The van der Waals surface area contributed by atoms with Crippen LogP contribution in [0.5, 0.6) is 0 Å². The number of allylic oxidation sites excluding steroid dienone is 24. The highest BCUT2D eigenvalue weighted by atomic mass is 16.7. The highest BCUT2D eigenvalue weighted by Crippen LogP contribution is 2.15. The fraction of sp³-hybridized carbons (Fsp3) is 0.614. The molecule has 0 aliphatic rings. The molecular weight excluding hydrogens is 983 g/mol. The van der Waals surface area contributed by atoms with Crippen molar-refractivity contribution in [2.45, 2.75) is 232 Å². The van der Waals surface area contributed by atoms with Crippen LogP contribution in [0, 0.1) is 0 Å². The Morgan fingerprint density at radius 1 is 0.380 bits per heavy atom. The topological polar surface area (TPSA) is 108 Å². The Balaban J connectivity index is 4.25. The average molecular weight is 1100 g/mol. The van der Waals surface area contributed by atoms with Gasteiger partial charge in [0.05, 0.1) is 34.4 Å². The second-order valence-electron chi connectivity index (χ2n) is 21.2. The first kappa shape index (κ1) is 74.2. The van der Waals surface area contributed by atoms with Crippen molar-refractivity contribution in [3.63, 3.8) is 0 Å². The van der Waals surface area contributed by atoms with Crippen LogP contribution in [-0.2, 0) is 33.3 Å². The van der Waals surface area contributed by atoms with Crippen LogP contribution in [0.15, 0.2) is 146 Å². The first-order valence-electron chi connectivity index (χ1n) is 31.0. The minimum absolute atomic E-state index is 0.173. The fourth-order valence-electron chi connectivity index (χ4n) is 7.90. The van der Waals surface area contributed by atoms with Gasteiger partial charge < -0.3 is 28.5 Å². The van der Waals surface area contributed by atoms with Gasteiger partial charge in [-0.1, -0.05) is 237 Å². The van der Waals surface area contributed by atoms with Gasteiger partial charge in [-0.25, -0.2) is 4.79 Å². The van der Waals surface area contributed by atoms with E-state index in [0.717, 1.165) is 109 Å². The molecule has 9 heteroatoms. The van der Waals surface area contributed by atoms with E-state index in [1.807, 2.05) is 21.1 Å². The number of esters is 2. The number of ether oxygens (including phenoxy) is 4. The molecule has 9 nitrogen and oxygen atoms in total. The molecule has 0 bridgehead atoms. The number of nitrogens with zero attached hydrogens (tertiary/aromatic N) is 1. The maximum absolute atomic E-state index is 12.9. The molecule has 0 aliphatic carbocycles. The lowest BCUT2D eigenvalue weighted by Crippen LogP contribution is -2.40. The van der Waals surface area contributed by atoms with Gasteiger partial charge in [-0.05, 0) is 116 Å². The molecule has 0 aromatic carbocycles. The average Bonchev–Trinajstić information content (AvgIpc) is 3.42. The number of hydrogen-bond donors (Lipinski definition) is 1. The van der Waals surface area contributed by atoms with Crippen LogP contribution in [-0.4, -0.2) is 87.4 Å². The molecule has 0 spiro atoms. The first-order chi connectivity index (χ1) is 38.6. The quantitative estimate of drug-likeness (QED) is 0.0211. The summed E-state index contributed by atoms with van der Waals surface area (Å²) in [5, 5.41) is 9.72. The molecule has 0 aromatic rings. The van der Waals surface area contributed by atoms with Crippen LogP contribution in [0.3, 0.4) is 0 Å². The molecule has 0 heterocycles. The van der Waals surface area contributed by atoms with Crippen LogP contribution in [0.25, 0.3) is 0 Å². The van der Waals surface area contributed by atoms with Gasteiger partial charge in [0.15, 0.2) is 6.10 Å². The summed E-state index contributed by atoms with van der Waals surface area (Å²) in [6.07, 6.45) is 83.7. The Labute approximate surface area is 483 Å². The number of carboxylic acid groups (broad SMARTS) is 1. The van der Waals surface area contributed by atoms with E-state index in [0.29, 0.717) is 23.9 Å². The minimum Gasteiger partial charge on any atom is -0.477 e. The van der Waals surface area contributed by atoms with Crippen molar-refractivity contribution in [3.8, 4) is 0 Å². The molecule has 79 heavy (non-hydrogen) atoms. The van der Waals surface area contributed by atoms with Gasteiger partial charge in [0.1, 0.15) is 13.2 Å². The fourth-order valence-corrected chi connectivity index (χ4v) is 7.90. The normalized spacial score (nSPS) is 13.8. The highest BCUT2D eigenvalue weighted by Gasteiger charge is 2.25. The van der Waals surface area contributed by atoms with Gasteiger partial charge in [0, 0.05) is 12.8 Å². The lowest BCUT2D eigenvalue weighted by Gasteiger charge is -2.25. The number of quaternary nitrogens is 1. The van der Waals surface area contributed by atoms with Gasteiger partial charge in [-0.15, -0.1) is 0 Å². The van der Waals surface area contributed by atoms with Crippen LogP contribution < -0.4 is 0 Å². The standard InChI is InChI=1S/C70H113NO8/c1-6-8-10-12-14-16-18-20-22-24-26-28-29-30-31-32-33-34-35-36-37-38-39-41-43-45-47-49-51-53-55-57-59-61-68(73)79-66(65-78-70(69(74)75)76-63-62-71(3,4)5)64-77-67(72)60-58-56-54-52-50-48-46-44-42-40-27-25-23-21-19-17-15-13-11-9-7-2/h8-11,14-17,20-23,26-28,30-31,33-34,40,44,46,50,52,66,70H,6-7,12-13,18-19,24-25,29,32,35-39,41-43,45,47-49,51,53-65H2,1-5H3/p+1/b10-8-,11-9-,16-14-,17-15-,22-20-,23-21-,28-26-,31-30-,34-33-,40-27-,46-44-,52-50-. The number of likely N-dealkylation sites (N-methyl/N-ethyl adjacent to an activating group) is 1. The highest BCUT2D eigenvalue weighted by molar-refractivity contribution is 5.71. The minimum atomic E-state index is -1.53. The lowest BCUT2D eigenvalue weighted by atomic mass is 10.0. The summed E-state index contributed by atoms with van der Waals surface area (Å²) in [5.74, 6) is -2.08. The summed E-state index contributed by atoms with van der Waals surface area (Å²) in [4.78, 5) is 37.5. The number of unbranched alkanes of at least 4 members (excludes halogenated alkanes) is 16. The molecule has 446 valence electrons. The third-order valence-electron chi connectivity index (χ3n) is 12.6. The van der Waals surface area contributed by atoms with Gasteiger partial charge >= 0.3 is 17.9 Å². The second-order valence-corrected chi connectivity index (χ2v) is 21.2. The maximum atomic E-state index is 12.9. The van der Waals surface area contributed by atoms with Crippen LogP contribution in [0.1, 0.15) is 219 Å². The molecule has 0 aliphatic heterocycles. The summed E-state index contributed by atoms with van der Waals surface area (Å²) in [6, 6.07) is 0. The van der Waals surface area contributed by atoms with Crippen molar-refractivity contribution in [1.82, 2.24) is 0 Å². The van der Waals surface area contributed by atoms with E-state index in [1.54, 1.807) is 0 Å². The summed E-state index contributed by atoms with van der Waals surface area (Å²) in [7, 11) is 5.95. The molecule has 0 fully saturated rings. The van der Waals surface area contributed by atoms with Crippen molar-refractivity contribution >= 4 is 17.9 Å². The van der Waals surface area contributed by atoms with Crippen molar-refractivity contribution in [2.24, 2.45) is 0 Å². The Bertz CT molecular complexity index is 1800. The molecule has 0 rings (SSSR count). The van der Waals surface area contributed by atoms with Crippen LogP contribution in [0.4, 0.5) is 0 Å². The number of carbonyl (C=O) groups is 3. The molecule has 0 radical (unpaired) electrons. The zero-order chi connectivity index (χ0) is 57.6. The molecule has 2 atom stereocenters. The Morgan fingerprint density at radius 2 is 0.684 bits per heavy atom. The van der Waals surface area contributed by atoms with Gasteiger partial charge in [-0.2, -0.15) is 0 Å². The molecular formula is C70H114NO8+. The van der Waals surface area contributed by atoms with Crippen molar-refractivity contribution in [2.75, 3.05) is 47.5 Å². The molecule has 0 saturated heterocycles. The van der Waals surface area contributed by atoms with Gasteiger partial charge in [0.2, 0.25) is 0 Å². The third-order valence-corrected chi connectivity index (χ3v) is 12.6. The van der Waals surface area contributed by atoms with Gasteiger partial charge in [-0.3, -0.25) is 9.59 Å². The number of hydrogen-bond acceptors (Lipinski definition) is 7. The van der Waals surface area contributed by atoms with Crippen molar-refractivity contribution in [3.05, 3.63) is 146 Å². The van der Waals surface area contributed by atoms with Gasteiger partial charge in [0.25, 0.3) is 6.29 Å². The number of aliphatic carboxylic acids is 1. The predicted octanol–water partition coefficient (Wildman–Crippen LogP) is 18.8. The number of carboxylic acids is 1. The van der Waals surface area contributed by atoms with Crippen LogP contribution >= 0.6 is 0 Å². The largest absolute Gasteiger partial charge is 0.477 e. The molecule has 0 saturated carbocycles. The SMILES string of the molecule is CC/C=C\C/C=C\C/C=C\C/C=C\C/C=C\C/C=C\CCCCCCCCCCCCCCCCC(=O)OC(COC(=O)CCCC/C=C\C/C=C\C/C=C\C/C=C\C/C=C\C/C=C\CC)COC(OCC[N+](C)(C)C)C(=O)O. The number of carbonyl (C=O) groups excluding carboxylic acids is 2. The lowest BCUT2D eigenvalue weighted by molar-refractivity contribution is -0.870. The monoisotopic (exact) mass is 1100 g/mol. The smallest absolute Gasteiger partial charge is 0.361 e. The number of rotatable bonds is 55. The summed E-state index contributed by atoms with van der Waals surface area (Å²) < 4.78 is 22.8.